The third-order valence-corrected chi connectivity index (χ3v) is 4.10. The van der Waals surface area contributed by atoms with Gasteiger partial charge in [0.1, 0.15) is 5.69 Å². The van der Waals surface area contributed by atoms with E-state index < -0.39 is 5.97 Å². The summed E-state index contributed by atoms with van der Waals surface area (Å²) in [5.41, 5.74) is 2.26. The molecule has 6 heteroatoms. The molecule has 0 saturated heterocycles. The van der Waals surface area contributed by atoms with Crippen molar-refractivity contribution in [2.45, 2.75) is 39.5 Å². The van der Waals surface area contributed by atoms with Gasteiger partial charge in [0, 0.05) is 25.5 Å². The number of nitrogens with one attached hydrogen (secondary N) is 2. The number of carbonyl (C=O) groups excluding carboxylic acids is 2. The average Bonchev–Trinajstić information content (AvgIpc) is 3.31. The van der Waals surface area contributed by atoms with Crippen LogP contribution in [0.5, 0.6) is 0 Å². The number of carbonyl (C=O) groups is 2. The second-order valence-corrected chi connectivity index (χ2v) is 5.95. The predicted molar refractivity (Wildman–Crippen MR) is 86.7 cm³/mol. The molecule has 1 aromatic heterocycles. The van der Waals surface area contributed by atoms with Gasteiger partial charge in [-0.15, -0.1) is 0 Å². The highest BCUT2D eigenvalue weighted by atomic mass is 16.5. The van der Waals surface area contributed by atoms with Crippen LogP contribution in [0, 0.1) is 12.8 Å². The van der Waals surface area contributed by atoms with E-state index in [1.807, 2.05) is 6.92 Å². The molecule has 0 aliphatic heterocycles. The minimum Gasteiger partial charge on any atom is -0.465 e. The van der Waals surface area contributed by atoms with Gasteiger partial charge in [-0.3, -0.25) is 4.79 Å². The maximum absolute atomic E-state index is 12.3. The molecule has 6 nitrogen and oxygen atoms in total. The molecule has 23 heavy (non-hydrogen) atoms. The molecule has 1 aliphatic carbocycles. The van der Waals surface area contributed by atoms with Gasteiger partial charge in [0.2, 0.25) is 0 Å². The van der Waals surface area contributed by atoms with Gasteiger partial charge < -0.3 is 19.8 Å². The van der Waals surface area contributed by atoms with Crippen molar-refractivity contribution in [3.63, 3.8) is 0 Å². The molecule has 0 atom stereocenters. The molecule has 1 saturated carbocycles. The molecule has 2 rings (SSSR count). The number of aryl methyl sites for hydroxylation is 1. The Morgan fingerprint density at radius 2 is 2.09 bits per heavy atom. The number of methoxy groups -OCH3 is 1. The van der Waals surface area contributed by atoms with Crippen molar-refractivity contribution in [1.29, 1.82) is 0 Å². The Hall–Kier alpha value is -1.82. The lowest BCUT2D eigenvalue weighted by Gasteiger charge is -2.06. The number of aromatic nitrogens is 1. The van der Waals surface area contributed by atoms with Crippen molar-refractivity contribution >= 4 is 11.9 Å². The van der Waals surface area contributed by atoms with Gasteiger partial charge in [-0.2, -0.15) is 0 Å². The molecule has 0 aromatic carbocycles. The molecule has 0 spiro atoms. The average molecular weight is 322 g/mol. The summed E-state index contributed by atoms with van der Waals surface area (Å²) in [5.74, 6) is 0.146. The molecular formula is C17H26N2O4. The van der Waals surface area contributed by atoms with Crippen LogP contribution in [0.3, 0.4) is 0 Å². The largest absolute Gasteiger partial charge is 0.465 e. The second kappa shape index (κ2) is 8.15. The predicted octanol–water partition coefficient (Wildman–Crippen LogP) is 2.22. The van der Waals surface area contributed by atoms with Crippen molar-refractivity contribution in [2.24, 2.45) is 5.92 Å². The number of amides is 1. The van der Waals surface area contributed by atoms with Crippen molar-refractivity contribution in [3.8, 4) is 0 Å². The van der Waals surface area contributed by atoms with Gasteiger partial charge in [-0.25, -0.2) is 4.79 Å². The zero-order valence-corrected chi connectivity index (χ0v) is 14.2. The Balaban J connectivity index is 1.85. The Labute approximate surface area is 136 Å². The van der Waals surface area contributed by atoms with E-state index >= 15 is 0 Å². The molecule has 2 N–H and O–H groups in total. The number of H-pyrrole nitrogens is 1. The monoisotopic (exact) mass is 322 g/mol. The standard InChI is InChI=1S/C17H26N2O4/c1-4-13-14(17(21)22-3)11(2)15(19-13)16(20)18-8-5-9-23-10-12-6-7-12/h12,19H,4-10H2,1-3H3,(H,18,20). The second-order valence-electron chi connectivity index (χ2n) is 5.95. The van der Waals surface area contributed by atoms with Crippen LogP contribution < -0.4 is 5.32 Å². The summed E-state index contributed by atoms with van der Waals surface area (Å²) in [6, 6.07) is 0. The number of esters is 1. The zero-order valence-electron chi connectivity index (χ0n) is 14.2. The van der Waals surface area contributed by atoms with Crippen LogP contribution in [0.15, 0.2) is 0 Å². The molecule has 1 aromatic rings. The fourth-order valence-corrected chi connectivity index (χ4v) is 2.53. The highest BCUT2D eigenvalue weighted by Gasteiger charge is 2.23. The lowest BCUT2D eigenvalue weighted by Crippen LogP contribution is -2.26. The number of hydrogen-bond acceptors (Lipinski definition) is 4. The summed E-state index contributed by atoms with van der Waals surface area (Å²) in [6.07, 6.45) is 3.98. The minimum atomic E-state index is -0.414. The van der Waals surface area contributed by atoms with Crippen molar-refractivity contribution in [3.05, 3.63) is 22.5 Å². The number of hydrogen-bond donors (Lipinski definition) is 2. The van der Waals surface area contributed by atoms with Crippen LogP contribution in [0.4, 0.5) is 0 Å². The molecule has 0 bridgehead atoms. The molecule has 1 amide bonds. The maximum atomic E-state index is 12.3. The van der Waals surface area contributed by atoms with Crippen LogP contribution in [-0.4, -0.2) is 43.7 Å². The zero-order chi connectivity index (χ0) is 16.8. The first-order valence-corrected chi connectivity index (χ1v) is 8.24. The van der Waals surface area contributed by atoms with Gasteiger partial charge in [-0.1, -0.05) is 6.92 Å². The first kappa shape index (κ1) is 17.5. The third-order valence-electron chi connectivity index (χ3n) is 4.10. The van der Waals surface area contributed by atoms with Gasteiger partial charge in [0.25, 0.3) is 5.91 Å². The van der Waals surface area contributed by atoms with Crippen LogP contribution >= 0.6 is 0 Å². The maximum Gasteiger partial charge on any atom is 0.339 e. The Morgan fingerprint density at radius 3 is 2.70 bits per heavy atom. The molecule has 1 fully saturated rings. The Morgan fingerprint density at radius 1 is 1.35 bits per heavy atom. The van der Waals surface area contributed by atoms with E-state index in [4.69, 9.17) is 9.47 Å². The lowest BCUT2D eigenvalue weighted by molar-refractivity contribution is 0.0599. The van der Waals surface area contributed by atoms with Crippen LogP contribution in [0.25, 0.3) is 0 Å². The van der Waals surface area contributed by atoms with Gasteiger partial charge in [-0.05, 0) is 44.1 Å². The van der Waals surface area contributed by atoms with E-state index in [-0.39, 0.29) is 5.91 Å². The fraction of sp³-hybridized carbons (Fsp3) is 0.647. The molecular weight excluding hydrogens is 296 g/mol. The van der Waals surface area contributed by atoms with Crippen LogP contribution in [0.1, 0.15) is 58.3 Å². The van der Waals surface area contributed by atoms with E-state index in [0.29, 0.717) is 36.4 Å². The fourth-order valence-electron chi connectivity index (χ4n) is 2.53. The normalized spacial score (nSPS) is 13.9. The summed E-state index contributed by atoms with van der Waals surface area (Å²) >= 11 is 0. The summed E-state index contributed by atoms with van der Waals surface area (Å²) in [5, 5.41) is 2.86. The van der Waals surface area contributed by atoms with Gasteiger partial charge in [0.05, 0.1) is 12.7 Å². The Kier molecular flexibility index (Phi) is 6.21. The Bertz CT molecular complexity index is 561. The third kappa shape index (κ3) is 4.58. The van der Waals surface area contributed by atoms with Crippen LogP contribution in [0.2, 0.25) is 0 Å². The molecule has 128 valence electrons. The number of ether oxygens (including phenoxy) is 2. The number of aromatic amines is 1. The van der Waals surface area contributed by atoms with Crippen molar-refractivity contribution in [1.82, 2.24) is 10.3 Å². The quantitative estimate of drug-likeness (QED) is 0.539. The molecule has 1 aliphatic rings. The van der Waals surface area contributed by atoms with E-state index in [2.05, 4.69) is 10.3 Å². The summed E-state index contributed by atoms with van der Waals surface area (Å²) < 4.78 is 10.3. The SMILES string of the molecule is CCc1[nH]c(C(=O)NCCCOCC2CC2)c(C)c1C(=O)OC. The summed E-state index contributed by atoms with van der Waals surface area (Å²) in [6.45, 7) is 5.74. The summed E-state index contributed by atoms with van der Waals surface area (Å²) in [7, 11) is 1.34. The van der Waals surface area contributed by atoms with E-state index in [0.717, 1.165) is 24.6 Å². The molecule has 1 heterocycles. The van der Waals surface area contributed by atoms with E-state index in [1.165, 1.54) is 20.0 Å². The smallest absolute Gasteiger partial charge is 0.339 e. The topological polar surface area (TPSA) is 80.4 Å². The number of rotatable bonds is 9. The highest BCUT2D eigenvalue weighted by Crippen LogP contribution is 2.28. The van der Waals surface area contributed by atoms with Gasteiger partial charge in [0.15, 0.2) is 0 Å². The highest BCUT2D eigenvalue weighted by molar-refractivity contribution is 6.00. The van der Waals surface area contributed by atoms with Crippen molar-refractivity contribution < 1.29 is 19.1 Å². The molecule has 0 unspecified atom stereocenters. The summed E-state index contributed by atoms with van der Waals surface area (Å²) in [4.78, 5) is 27.2. The first-order chi connectivity index (χ1) is 11.1. The van der Waals surface area contributed by atoms with Crippen molar-refractivity contribution in [2.75, 3.05) is 26.9 Å². The molecule has 0 radical (unpaired) electrons. The van der Waals surface area contributed by atoms with E-state index in [9.17, 15) is 9.59 Å². The first-order valence-electron chi connectivity index (χ1n) is 8.24. The van der Waals surface area contributed by atoms with Crippen LogP contribution in [-0.2, 0) is 15.9 Å². The minimum absolute atomic E-state index is 0.199. The lowest BCUT2D eigenvalue weighted by atomic mass is 10.1. The van der Waals surface area contributed by atoms with Gasteiger partial charge >= 0.3 is 5.97 Å². The van der Waals surface area contributed by atoms with E-state index in [1.54, 1.807) is 6.92 Å².